The van der Waals surface area contributed by atoms with E-state index in [1.54, 1.807) is 0 Å². The Balaban J connectivity index is 2.05. The van der Waals surface area contributed by atoms with Crippen LogP contribution in [0.3, 0.4) is 0 Å². The summed E-state index contributed by atoms with van der Waals surface area (Å²) in [5, 5.41) is 3.31. The highest BCUT2D eigenvalue weighted by Gasteiger charge is 2.05. The number of H-pyrrole nitrogens is 1. The molecule has 1 heterocycles. The third-order valence-corrected chi connectivity index (χ3v) is 2.84. The lowest BCUT2D eigenvalue weighted by atomic mass is 10.3. The highest BCUT2D eigenvalue weighted by molar-refractivity contribution is 5.77. The molecule has 0 radical (unpaired) electrons. The van der Waals surface area contributed by atoms with E-state index < -0.39 is 0 Å². The standard InChI is InChI=1S/C12H18N4/c1-9(16(2)3)8-13-12-14-10-6-4-5-7-11(10)15-12/h4-7,9H,8H2,1-3H3,(H2,13,14,15). The minimum Gasteiger partial charge on any atom is -0.354 e. The molecule has 0 spiro atoms. The Morgan fingerprint density at radius 2 is 2.12 bits per heavy atom. The third-order valence-electron chi connectivity index (χ3n) is 2.84. The molecule has 0 bridgehead atoms. The Morgan fingerprint density at radius 1 is 1.38 bits per heavy atom. The van der Waals surface area contributed by atoms with Gasteiger partial charge < -0.3 is 15.2 Å². The van der Waals surface area contributed by atoms with Gasteiger partial charge in [-0.25, -0.2) is 4.98 Å². The monoisotopic (exact) mass is 218 g/mol. The van der Waals surface area contributed by atoms with E-state index in [-0.39, 0.29) is 0 Å². The average molecular weight is 218 g/mol. The van der Waals surface area contributed by atoms with Gasteiger partial charge in [0.05, 0.1) is 11.0 Å². The van der Waals surface area contributed by atoms with E-state index in [0.29, 0.717) is 6.04 Å². The van der Waals surface area contributed by atoms with Crippen molar-refractivity contribution in [1.82, 2.24) is 14.9 Å². The third kappa shape index (κ3) is 2.33. The van der Waals surface area contributed by atoms with E-state index >= 15 is 0 Å². The van der Waals surface area contributed by atoms with Crippen LogP contribution in [0.4, 0.5) is 5.95 Å². The molecule has 0 aliphatic rings. The number of aromatic amines is 1. The normalized spacial score (nSPS) is 13.2. The van der Waals surface area contributed by atoms with Crippen molar-refractivity contribution >= 4 is 17.0 Å². The number of fused-ring (bicyclic) bond motifs is 1. The maximum atomic E-state index is 4.46. The number of hydrogen-bond acceptors (Lipinski definition) is 3. The Bertz CT molecular complexity index is 428. The van der Waals surface area contributed by atoms with E-state index in [0.717, 1.165) is 23.5 Å². The quantitative estimate of drug-likeness (QED) is 0.824. The molecule has 0 fully saturated rings. The molecule has 2 rings (SSSR count). The number of anilines is 1. The first-order chi connectivity index (χ1) is 7.66. The molecule has 0 aliphatic heterocycles. The van der Waals surface area contributed by atoms with Crippen LogP contribution in [0.2, 0.25) is 0 Å². The number of imidazole rings is 1. The van der Waals surface area contributed by atoms with Gasteiger partial charge in [-0.1, -0.05) is 12.1 Å². The van der Waals surface area contributed by atoms with Crippen molar-refractivity contribution in [1.29, 1.82) is 0 Å². The van der Waals surface area contributed by atoms with Crippen LogP contribution in [-0.4, -0.2) is 41.5 Å². The number of likely N-dealkylation sites (N-methyl/N-ethyl adjacent to an activating group) is 1. The van der Waals surface area contributed by atoms with E-state index in [1.807, 2.05) is 24.3 Å². The number of nitrogens with zero attached hydrogens (tertiary/aromatic N) is 2. The Hall–Kier alpha value is -1.55. The van der Waals surface area contributed by atoms with Crippen molar-refractivity contribution in [2.75, 3.05) is 26.0 Å². The number of rotatable bonds is 4. The summed E-state index contributed by atoms with van der Waals surface area (Å²) in [6, 6.07) is 8.52. The van der Waals surface area contributed by atoms with Crippen molar-refractivity contribution < 1.29 is 0 Å². The fourth-order valence-corrected chi connectivity index (χ4v) is 1.46. The SMILES string of the molecule is CC(CNc1nc2ccccc2[nH]1)N(C)C. The van der Waals surface area contributed by atoms with Crippen LogP contribution < -0.4 is 5.32 Å². The van der Waals surface area contributed by atoms with Crippen molar-refractivity contribution in [3.05, 3.63) is 24.3 Å². The summed E-state index contributed by atoms with van der Waals surface area (Å²) in [6.07, 6.45) is 0. The second-order valence-corrected chi connectivity index (χ2v) is 4.30. The average Bonchev–Trinajstić information content (AvgIpc) is 2.68. The second kappa shape index (κ2) is 4.53. The molecular weight excluding hydrogens is 200 g/mol. The first-order valence-corrected chi connectivity index (χ1v) is 5.52. The molecule has 0 aliphatic carbocycles. The van der Waals surface area contributed by atoms with Gasteiger partial charge in [-0.15, -0.1) is 0 Å². The minimum atomic E-state index is 0.480. The highest BCUT2D eigenvalue weighted by Crippen LogP contribution is 2.13. The van der Waals surface area contributed by atoms with Gasteiger partial charge in [0, 0.05) is 12.6 Å². The molecule has 86 valence electrons. The lowest BCUT2D eigenvalue weighted by molar-refractivity contribution is 0.326. The topological polar surface area (TPSA) is 44.0 Å². The van der Waals surface area contributed by atoms with E-state index in [4.69, 9.17) is 0 Å². The summed E-state index contributed by atoms with van der Waals surface area (Å²) < 4.78 is 0. The van der Waals surface area contributed by atoms with E-state index in [1.165, 1.54) is 0 Å². The molecule has 1 unspecified atom stereocenters. The zero-order chi connectivity index (χ0) is 11.5. The Kier molecular flexibility index (Phi) is 3.10. The Morgan fingerprint density at radius 3 is 2.81 bits per heavy atom. The van der Waals surface area contributed by atoms with Crippen molar-refractivity contribution in [2.45, 2.75) is 13.0 Å². The van der Waals surface area contributed by atoms with Crippen LogP contribution >= 0.6 is 0 Å². The van der Waals surface area contributed by atoms with Gasteiger partial charge in [-0.3, -0.25) is 0 Å². The lowest BCUT2D eigenvalue weighted by Gasteiger charge is -2.19. The summed E-state index contributed by atoms with van der Waals surface area (Å²) >= 11 is 0. The molecule has 4 heteroatoms. The van der Waals surface area contributed by atoms with Gasteiger partial charge in [0.1, 0.15) is 0 Å². The maximum Gasteiger partial charge on any atom is 0.201 e. The molecule has 0 saturated heterocycles. The number of benzene rings is 1. The van der Waals surface area contributed by atoms with Crippen LogP contribution in [-0.2, 0) is 0 Å². The van der Waals surface area contributed by atoms with Crippen LogP contribution in [0.15, 0.2) is 24.3 Å². The van der Waals surface area contributed by atoms with Gasteiger partial charge in [0.2, 0.25) is 5.95 Å². The van der Waals surface area contributed by atoms with Gasteiger partial charge >= 0.3 is 0 Å². The van der Waals surface area contributed by atoms with E-state index in [9.17, 15) is 0 Å². The molecule has 2 aromatic rings. The molecule has 16 heavy (non-hydrogen) atoms. The number of aromatic nitrogens is 2. The van der Waals surface area contributed by atoms with Crippen LogP contribution in [0.25, 0.3) is 11.0 Å². The van der Waals surface area contributed by atoms with Gasteiger partial charge in [-0.05, 0) is 33.2 Å². The summed E-state index contributed by atoms with van der Waals surface area (Å²) in [6.45, 7) is 3.06. The fourth-order valence-electron chi connectivity index (χ4n) is 1.46. The van der Waals surface area contributed by atoms with Crippen LogP contribution in [0.1, 0.15) is 6.92 Å². The molecule has 1 atom stereocenters. The minimum absolute atomic E-state index is 0.480. The van der Waals surface area contributed by atoms with Crippen molar-refractivity contribution in [2.24, 2.45) is 0 Å². The lowest BCUT2D eigenvalue weighted by Crippen LogP contribution is -2.31. The number of para-hydroxylation sites is 2. The molecule has 0 saturated carbocycles. The zero-order valence-corrected chi connectivity index (χ0v) is 9.99. The summed E-state index contributed by atoms with van der Waals surface area (Å²) in [5.74, 6) is 0.843. The first kappa shape index (κ1) is 11.0. The molecule has 0 amide bonds. The predicted molar refractivity (Wildman–Crippen MR) is 67.7 cm³/mol. The summed E-state index contributed by atoms with van der Waals surface area (Å²) in [4.78, 5) is 9.88. The summed E-state index contributed by atoms with van der Waals surface area (Å²) in [5.41, 5.74) is 2.07. The van der Waals surface area contributed by atoms with Crippen molar-refractivity contribution in [3.63, 3.8) is 0 Å². The molecule has 1 aromatic heterocycles. The smallest absolute Gasteiger partial charge is 0.201 e. The predicted octanol–water partition coefficient (Wildman–Crippen LogP) is 1.92. The highest BCUT2D eigenvalue weighted by atomic mass is 15.2. The van der Waals surface area contributed by atoms with Crippen LogP contribution in [0.5, 0.6) is 0 Å². The number of hydrogen-bond donors (Lipinski definition) is 2. The Labute approximate surface area is 95.7 Å². The fraction of sp³-hybridized carbons (Fsp3) is 0.417. The zero-order valence-electron chi connectivity index (χ0n) is 9.99. The molecule has 1 aromatic carbocycles. The first-order valence-electron chi connectivity index (χ1n) is 5.52. The van der Waals surface area contributed by atoms with Gasteiger partial charge in [0.25, 0.3) is 0 Å². The number of nitrogens with one attached hydrogen (secondary N) is 2. The molecular formula is C12H18N4. The van der Waals surface area contributed by atoms with E-state index in [2.05, 4.69) is 41.2 Å². The van der Waals surface area contributed by atoms with Gasteiger partial charge in [-0.2, -0.15) is 0 Å². The molecule has 2 N–H and O–H groups in total. The van der Waals surface area contributed by atoms with Crippen LogP contribution in [0, 0.1) is 0 Å². The summed E-state index contributed by atoms with van der Waals surface area (Å²) in [7, 11) is 4.15. The van der Waals surface area contributed by atoms with Crippen molar-refractivity contribution in [3.8, 4) is 0 Å². The molecule has 4 nitrogen and oxygen atoms in total. The maximum absolute atomic E-state index is 4.46. The van der Waals surface area contributed by atoms with Gasteiger partial charge in [0.15, 0.2) is 0 Å². The largest absolute Gasteiger partial charge is 0.354 e. The second-order valence-electron chi connectivity index (χ2n) is 4.30.